The number of nitrogens with two attached hydrogens (primary N) is 1. The Labute approximate surface area is 66.4 Å². The standard InChI is InChI=1S/C4H14N2P.Zn/c1-4(2)6(3,5)7;/h4H,5,7H2,1-3H3;/q+1;. The van der Waals surface area contributed by atoms with Crippen LogP contribution in [0.5, 0.6) is 0 Å². The molecule has 2 nitrogen and oxygen atoms in total. The molecule has 0 saturated heterocycles. The van der Waals surface area contributed by atoms with Gasteiger partial charge < -0.3 is 0 Å². The van der Waals surface area contributed by atoms with Gasteiger partial charge in [-0.25, -0.2) is 4.36 Å². The van der Waals surface area contributed by atoms with E-state index in [0.717, 1.165) is 0 Å². The summed E-state index contributed by atoms with van der Waals surface area (Å²) in [5, 5.41) is 0. The second kappa shape index (κ2) is 3.90. The third kappa shape index (κ3) is 5.12. The molecule has 0 amide bonds. The molecule has 0 radical (unpaired) electrons. The van der Waals surface area contributed by atoms with Crippen LogP contribution in [-0.4, -0.2) is 17.5 Å². The van der Waals surface area contributed by atoms with Crippen molar-refractivity contribution in [3.8, 4) is 0 Å². The van der Waals surface area contributed by atoms with Crippen molar-refractivity contribution in [1.82, 2.24) is 0 Å². The van der Waals surface area contributed by atoms with Crippen LogP contribution in [0.1, 0.15) is 13.8 Å². The molecule has 0 rings (SSSR count). The van der Waals surface area contributed by atoms with Crippen molar-refractivity contribution in [3.63, 3.8) is 0 Å². The first-order chi connectivity index (χ1) is 2.94. The zero-order valence-electron chi connectivity index (χ0n) is 5.89. The van der Waals surface area contributed by atoms with Crippen LogP contribution in [0.25, 0.3) is 0 Å². The van der Waals surface area contributed by atoms with Gasteiger partial charge >= 0.3 is 0 Å². The van der Waals surface area contributed by atoms with Gasteiger partial charge in [0.05, 0.1) is 16.4 Å². The van der Waals surface area contributed by atoms with Gasteiger partial charge in [0, 0.05) is 19.5 Å². The van der Waals surface area contributed by atoms with Gasteiger partial charge in [-0.05, 0) is 13.8 Å². The van der Waals surface area contributed by atoms with Crippen LogP contribution in [0.3, 0.4) is 0 Å². The second-order valence-corrected chi connectivity index (χ2v) is 3.43. The largest absolute Gasteiger partial charge is 0.240 e. The average molecular weight is 187 g/mol. The van der Waals surface area contributed by atoms with Crippen molar-refractivity contribution in [2.24, 2.45) is 5.84 Å². The average Bonchev–Trinajstić information content (AvgIpc) is 1.31. The Balaban J connectivity index is 0. The van der Waals surface area contributed by atoms with Crippen molar-refractivity contribution < 1.29 is 23.8 Å². The predicted molar refractivity (Wildman–Crippen MR) is 35.2 cm³/mol. The topological polar surface area (TPSA) is 26.0 Å². The number of hydrogen-bond donors (Lipinski definition) is 1. The maximum atomic E-state index is 5.58. The molecule has 0 aromatic carbocycles. The summed E-state index contributed by atoms with van der Waals surface area (Å²) in [6.45, 7) is 4.15. The van der Waals surface area contributed by atoms with E-state index in [1.165, 1.54) is 0 Å². The van der Waals surface area contributed by atoms with Crippen LogP contribution in [0.15, 0.2) is 0 Å². The summed E-state index contributed by atoms with van der Waals surface area (Å²) in [6, 6.07) is 0.477. The zero-order valence-corrected chi connectivity index (χ0v) is 10.0. The Morgan fingerprint density at radius 2 is 1.62 bits per heavy atom. The molecule has 0 aromatic rings. The molecule has 0 aliphatic carbocycles. The van der Waals surface area contributed by atoms with Crippen LogP contribution in [0, 0.1) is 0 Å². The number of quaternary nitrogens is 1. The SMILES string of the molecule is CC(C)[N+](C)(N)P.[Zn]. The van der Waals surface area contributed by atoms with E-state index in [1.807, 2.05) is 7.05 Å². The summed E-state index contributed by atoms with van der Waals surface area (Å²) in [4.78, 5) is 0. The van der Waals surface area contributed by atoms with Gasteiger partial charge in [0.2, 0.25) is 0 Å². The molecule has 2 atom stereocenters. The van der Waals surface area contributed by atoms with E-state index < -0.39 is 0 Å². The normalized spacial score (nSPS) is 17.2. The van der Waals surface area contributed by atoms with Crippen LogP contribution in [-0.2, 0) is 19.5 Å². The first kappa shape index (κ1) is 11.7. The number of rotatable bonds is 1. The molecule has 4 heteroatoms. The molecule has 2 N–H and O–H groups in total. The molecule has 0 fully saturated rings. The van der Waals surface area contributed by atoms with E-state index in [9.17, 15) is 0 Å². The fourth-order valence-corrected chi connectivity index (χ4v) is 0. The first-order valence-corrected chi connectivity index (χ1v) is 2.89. The van der Waals surface area contributed by atoms with Crippen molar-refractivity contribution in [3.05, 3.63) is 0 Å². The molecular weight excluding hydrogens is 172 g/mol. The smallest absolute Gasteiger partial charge is 0.101 e. The fraction of sp³-hybridized carbons (Fsp3) is 1.00. The van der Waals surface area contributed by atoms with E-state index in [2.05, 4.69) is 23.2 Å². The molecule has 46 valence electrons. The third-order valence-corrected chi connectivity index (χ3v) is 1.71. The van der Waals surface area contributed by atoms with E-state index in [1.54, 1.807) is 0 Å². The molecular formula is C4H14N2PZn+. The molecule has 0 saturated carbocycles. The molecule has 8 heavy (non-hydrogen) atoms. The predicted octanol–water partition coefficient (Wildman–Crippen LogP) is 0.503. The van der Waals surface area contributed by atoms with E-state index in [0.29, 0.717) is 10.4 Å². The van der Waals surface area contributed by atoms with Gasteiger partial charge in [-0.3, -0.25) is 0 Å². The Bertz CT molecular complexity index is 59.5. The van der Waals surface area contributed by atoms with E-state index in [4.69, 9.17) is 5.84 Å². The molecule has 0 aliphatic heterocycles. The van der Waals surface area contributed by atoms with Gasteiger partial charge in [-0.15, -0.1) is 0 Å². The monoisotopic (exact) mass is 185 g/mol. The van der Waals surface area contributed by atoms with Crippen molar-refractivity contribution >= 4 is 9.39 Å². The quantitative estimate of drug-likeness (QED) is 0.275. The van der Waals surface area contributed by atoms with E-state index >= 15 is 0 Å². The minimum atomic E-state index is 0. The summed E-state index contributed by atoms with van der Waals surface area (Å²) in [5.41, 5.74) is 0. The maximum absolute atomic E-state index is 5.58. The number of hydrogen-bond acceptors (Lipinski definition) is 1. The first-order valence-electron chi connectivity index (χ1n) is 2.38. The maximum Gasteiger partial charge on any atom is 0.101 e. The Morgan fingerprint density at radius 1 is 1.50 bits per heavy atom. The minimum Gasteiger partial charge on any atom is -0.240 e. The number of nitrogens with zero attached hydrogens (tertiary/aromatic N) is 1. The van der Waals surface area contributed by atoms with Crippen LogP contribution >= 0.6 is 9.39 Å². The molecule has 0 bridgehead atoms. The molecule has 0 heterocycles. The zero-order chi connectivity index (χ0) is 6.08. The van der Waals surface area contributed by atoms with Crippen molar-refractivity contribution in [2.45, 2.75) is 19.9 Å². The molecule has 0 spiro atoms. The van der Waals surface area contributed by atoms with Gasteiger partial charge in [-0.2, -0.15) is 5.84 Å². The van der Waals surface area contributed by atoms with Crippen LogP contribution in [0.2, 0.25) is 0 Å². The van der Waals surface area contributed by atoms with Gasteiger partial charge in [0.15, 0.2) is 0 Å². The van der Waals surface area contributed by atoms with Gasteiger partial charge in [0.1, 0.15) is 6.04 Å². The Kier molecular flexibility index (Phi) is 5.72. The van der Waals surface area contributed by atoms with Crippen molar-refractivity contribution in [1.29, 1.82) is 0 Å². The fourth-order valence-electron chi connectivity index (χ4n) is 0. The van der Waals surface area contributed by atoms with Crippen LogP contribution < -0.4 is 5.84 Å². The third-order valence-electron chi connectivity index (χ3n) is 1.11. The summed E-state index contributed by atoms with van der Waals surface area (Å²) < 4.78 is 0.472. The minimum absolute atomic E-state index is 0. The summed E-state index contributed by atoms with van der Waals surface area (Å²) in [6.07, 6.45) is 0. The Morgan fingerprint density at radius 3 is 1.62 bits per heavy atom. The van der Waals surface area contributed by atoms with Crippen molar-refractivity contribution in [2.75, 3.05) is 7.05 Å². The van der Waals surface area contributed by atoms with Crippen LogP contribution in [0.4, 0.5) is 0 Å². The Hall–Kier alpha value is 0.973. The second-order valence-electron chi connectivity index (χ2n) is 2.32. The molecule has 0 aliphatic rings. The molecule has 2 unspecified atom stereocenters. The molecule has 0 aromatic heterocycles. The summed E-state index contributed by atoms with van der Waals surface area (Å²) >= 11 is 0. The summed E-state index contributed by atoms with van der Waals surface area (Å²) in [7, 11) is 4.49. The van der Waals surface area contributed by atoms with Gasteiger partial charge in [0.25, 0.3) is 0 Å². The van der Waals surface area contributed by atoms with E-state index in [-0.39, 0.29) is 19.5 Å². The summed E-state index contributed by atoms with van der Waals surface area (Å²) in [5.74, 6) is 5.58. The van der Waals surface area contributed by atoms with Gasteiger partial charge in [-0.1, -0.05) is 0 Å².